The molecule has 1 aliphatic heterocycles. The third kappa shape index (κ3) is 6.57. The van der Waals surface area contributed by atoms with E-state index in [4.69, 9.17) is 27.9 Å². The van der Waals surface area contributed by atoms with Crippen LogP contribution in [-0.4, -0.2) is 48.5 Å². The molecule has 1 heterocycles. The highest BCUT2D eigenvalue weighted by atomic mass is 35.5. The number of benzene rings is 3. The zero-order valence-electron chi connectivity index (χ0n) is 21.6. The van der Waals surface area contributed by atoms with Gasteiger partial charge in [0.2, 0.25) is 0 Å². The number of likely N-dealkylation sites (tertiary alicyclic amines) is 1. The molecule has 1 amide bonds. The zero-order chi connectivity index (χ0) is 27.4. The van der Waals surface area contributed by atoms with Crippen molar-refractivity contribution < 1.29 is 19.0 Å². The first-order valence-electron chi connectivity index (χ1n) is 13.3. The Hall–Kier alpha value is -3.06. The topological polar surface area (TPSA) is 61.8 Å². The second-order valence-corrected chi connectivity index (χ2v) is 10.9. The van der Waals surface area contributed by atoms with Gasteiger partial charge in [-0.2, -0.15) is 0 Å². The summed E-state index contributed by atoms with van der Waals surface area (Å²) in [6.07, 6.45) is 3.01. The molecule has 5 nitrogen and oxygen atoms in total. The largest absolute Gasteiger partial charge is 0.489 e. The molecule has 204 valence electrons. The summed E-state index contributed by atoms with van der Waals surface area (Å²) in [5.41, 5.74) is 6.85. The van der Waals surface area contributed by atoms with Crippen LogP contribution in [0.4, 0.5) is 14.9 Å². The summed E-state index contributed by atoms with van der Waals surface area (Å²) in [6.45, 7) is 2.22. The molecule has 2 aliphatic rings. The van der Waals surface area contributed by atoms with Crippen LogP contribution in [0.2, 0.25) is 10.0 Å². The summed E-state index contributed by atoms with van der Waals surface area (Å²) >= 11 is 12.9. The number of fused-ring (bicyclic) bond motifs is 1. The predicted octanol–water partition coefficient (Wildman–Crippen LogP) is 8.19. The number of rotatable bonds is 8. The molecule has 1 aliphatic carbocycles. The Kier molecular flexibility index (Phi) is 8.75. The highest BCUT2D eigenvalue weighted by Crippen LogP contribution is 2.43. The van der Waals surface area contributed by atoms with E-state index in [0.29, 0.717) is 22.2 Å². The van der Waals surface area contributed by atoms with E-state index in [1.807, 2.05) is 36.4 Å². The number of carbonyl (C=O) groups is 1. The lowest BCUT2D eigenvalue weighted by Gasteiger charge is -2.19. The number of aryl methyl sites for hydroxylation is 1. The smallest absolute Gasteiger partial charge is 0.409 e. The molecule has 1 fully saturated rings. The van der Waals surface area contributed by atoms with Crippen molar-refractivity contribution in [3.05, 3.63) is 93.0 Å². The van der Waals surface area contributed by atoms with Crippen LogP contribution >= 0.6 is 23.2 Å². The number of allylic oxidation sites excluding steroid dienone is 1. The van der Waals surface area contributed by atoms with Gasteiger partial charge in [-0.25, -0.2) is 4.79 Å². The summed E-state index contributed by atoms with van der Waals surface area (Å²) in [4.78, 5) is 13.5. The number of alkyl halides is 1. The van der Waals surface area contributed by atoms with Crippen molar-refractivity contribution >= 4 is 46.1 Å². The van der Waals surface area contributed by atoms with Gasteiger partial charge in [0.25, 0.3) is 0 Å². The van der Waals surface area contributed by atoms with E-state index < -0.39 is 6.09 Å². The lowest BCUT2D eigenvalue weighted by Crippen LogP contribution is -2.26. The van der Waals surface area contributed by atoms with Crippen LogP contribution < -0.4 is 10.1 Å². The number of carboxylic acid groups (broad SMARTS) is 1. The summed E-state index contributed by atoms with van der Waals surface area (Å²) in [5.74, 6) is 0.803. The first kappa shape index (κ1) is 27.5. The normalized spacial score (nSPS) is 17.6. The van der Waals surface area contributed by atoms with Crippen molar-refractivity contribution in [1.82, 2.24) is 4.90 Å². The molecular formula is C31H31Cl2FN2O3. The van der Waals surface area contributed by atoms with Crippen molar-refractivity contribution in [3.8, 4) is 5.75 Å². The number of hydrogen-bond acceptors (Lipinski definition) is 3. The molecule has 2 N–H and O–H groups in total. The number of anilines is 1. The SMILES string of the molecule is O=C(O)Nc1ccc2c(c1)CCCC(c1ccc(Cl)cc1Cl)=C2c1ccc(O[C@H]2CCN(CCCF)C2)cc1. The van der Waals surface area contributed by atoms with Gasteiger partial charge in [0, 0.05) is 35.4 Å². The Bertz CT molecular complexity index is 1380. The maximum absolute atomic E-state index is 12.5. The molecule has 0 spiro atoms. The van der Waals surface area contributed by atoms with Gasteiger partial charge in [0.05, 0.1) is 6.67 Å². The summed E-state index contributed by atoms with van der Waals surface area (Å²) in [6, 6.07) is 19.4. The number of hydrogen-bond donors (Lipinski definition) is 2. The Morgan fingerprint density at radius 3 is 2.59 bits per heavy atom. The molecule has 0 aromatic heterocycles. The van der Waals surface area contributed by atoms with Gasteiger partial charge in [0.1, 0.15) is 11.9 Å². The second kappa shape index (κ2) is 12.4. The molecule has 0 radical (unpaired) electrons. The molecule has 0 unspecified atom stereocenters. The first-order valence-corrected chi connectivity index (χ1v) is 14.0. The van der Waals surface area contributed by atoms with Crippen molar-refractivity contribution in [1.29, 1.82) is 0 Å². The van der Waals surface area contributed by atoms with Crippen molar-refractivity contribution in [2.24, 2.45) is 0 Å². The molecule has 3 aromatic rings. The van der Waals surface area contributed by atoms with E-state index in [-0.39, 0.29) is 12.8 Å². The second-order valence-electron chi connectivity index (χ2n) is 10.0. The maximum atomic E-state index is 12.5. The predicted molar refractivity (Wildman–Crippen MR) is 156 cm³/mol. The number of nitrogens with one attached hydrogen (secondary N) is 1. The van der Waals surface area contributed by atoms with Gasteiger partial charge in [-0.1, -0.05) is 47.5 Å². The van der Waals surface area contributed by atoms with Gasteiger partial charge in [0.15, 0.2) is 0 Å². The average Bonchev–Trinajstić information content (AvgIpc) is 3.27. The third-order valence-electron chi connectivity index (χ3n) is 7.34. The minimum Gasteiger partial charge on any atom is -0.489 e. The lowest BCUT2D eigenvalue weighted by atomic mass is 9.87. The van der Waals surface area contributed by atoms with Crippen LogP contribution in [0.25, 0.3) is 11.1 Å². The summed E-state index contributed by atoms with van der Waals surface area (Å²) in [5, 5.41) is 12.9. The fourth-order valence-electron chi connectivity index (χ4n) is 5.59. The Labute approximate surface area is 238 Å². The van der Waals surface area contributed by atoms with Crippen LogP contribution in [0.5, 0.6) is 5.75 Å². The van der Waals surface area contributed by atoms with Gasteiger partial charge in [-0.05, 0) is 102 Å². The maximum Gasteiger partial charge on any atom is 0.409 e. The molecule has 0 bridgehead atoms. The average molecular weight is 570 g/mol. The van der Waals surface area contributed by atoms with E-state index in [1.54, 1.807) is 12.1 Å². The first-order chi connectivity index (χ1) is 18.9. The van der Waals surface area contributed by atoms with Crippen LogP contribution in [0, 0.1) is 0 Å². The van der Waals surface area contributed by atoms with E-state index in [1.165, 1.54) is 0 Å². The van der Waals surface area contributed by atoms with Crippen molar-refractivity contribution in [2.45, 2.75) is 38.2 Å². The molecule has 1 saturated heterocycles. The third-order valence-corrected chi connectivity index (χ3v) is 7.89. The fourth-order valence-corrected chi connectivity index (χ4v) is 6.12. The number of halogens is 3. The van der Waals surface area contributed by atoms with Crippen molar-refractivity contribution in [2.75, 3.05) is 31.6 Å². The summed E-state index contributed by atoms with van der Waals surface area (Å²) < 4.78 is 18.8. The lowest BCUT2D eigenvalue weighted by molar-refractivity contribution is 0.198. The quantitative estimate of drug-likeness (QED) is 0.287. The van der Waals surface area contributed by atoms with E-state index >= 15 is 0 Å². The highest BCUT2D eigenvalue weighted by Gasteiger charge is 2.25. The van der Waals surface area contributed by atoms with Gasteiger partial charge in [-0.15, -0.1) is 0 Å². The van der Waals surface area contributed by atoms with Crippen molar-refractivity contribution in [3.63, 3.8) is 0 Å². The van der Waals surface area contributed by atoms with Gasteiger partial charge >= 0.3 is 6.09 Å². The number of nitrogens with zero attached hydrogens (tertiary/aromatic N) is 1. The van der Waals surface area contributed by atoms with Gasteiger partial charge in [-0.3, -0.25) is 14.6 Å². The van der Waals surface area contributed by atoms with Crippen LogP contribution in [0.1, 0.15) is 47.9 Å². The number of amides is 1. The van der Waals surface area contributed by atoms with Crippen LogP contribution in [-0.2, 0) is 6.42 Å². The highest BCUT2D eigenvalue weighted by molar-refractivity contribution is 6.36. The minimum absolute atomic E-state index is 0.0943. The number of ether oxygens (including phenoxy) is 1. The Morgan fingerprint density at radius 2 is 1.85 bits per heavy atom. The molecule has 0 saturated carbocycles. The standard InChI is InChI=1S/C31H31Cl2FN2O3/c32-22-7-11-27(29(33)18-22)28-4-1-3-21-17-23(35-31(37)38)8-12-26(21)30(28)20-5-9-24(10-6-20)39-25-13-16-36(19-25)15-2-14-34/h5-12,17-18,25,35H,1-4,13-16,19H2,(H,37,38)/t25-/m0/s1. The van der Waals surface area contributed by atoms with Crippen LogP contribution in [0.15, 0.2) is 60.7 Å². The Balaban J connectivity index is 1.50. The Morgan fingerprint density at radius 1 is 1.05 bits per heavy atom. The summed E-state index contributed by atoms with van der Waals surface area (Å²) in [7, 11) is 0. The van der Waals surface area contributed by atoms with E-state index in [9.17, 15) is 14.3 Å². The fraction of sp³-hybridized carbons (Fsp3) is 0.323. The molecule has 8 heteroatoms. The van der Waals surface area contributed by atoms with Gasteiger partial charge < -0.3 is 9.84 Å². The molecular weight excluding hydrogens is 538 g/mol. The molecule has 5 rings (SSSR count). The molecule has 39 heavy (non-hydrogen) atoms. The minimum atomic E-state index is -1.09. The van der Waals surface area contributed by atoms with E-state index in [2.05, 4.69) is 22.3 Å². The van der Waals surface area contributed by atoms with Crippen LogP contribution in [0.3, 0.4) is 0 Å². The molecule has 3 aromatic carbocycles. The molecule has 1 atom stereocenters. The van der Waals surface area contributed by atoms with E-state index in [0.717, 1.165) is 84.5 Å². The zero-order valence-corrected chi connectivity index (χ0v) is 23.1. The monoisotopic (exact) mass is 568 g/mol.